The van der Waals surface area contributed by atoms with E-state index in [1.54, 1.807) is 18.2 Å². The van der Waals surface area contributed by atoms with E-state index in [2.05, 4.69) is 15.4 Å². The third-order valence-corrected chi connectivity index (χ3v) is 6.02. The first kappa shape index (κ1) is 25.6. The Labute approximate surface area is 197 Å². The van der Waals surface area contributed by atoms with Crippen LogP contribution >= 0.6 is 0 Å². The van der Waals surface area contributed by atoms with Crippen LogP contribution < -0.4 is 21.1 Å². The molecule has 0 atom stereocenters. The molecule has 2 amide bonds. The molecular weight excluding hydrogens is 490 g/mol. The van der Waals surface area contributed by atoms with Crippen LogP contribution in [0, 0.1) is 11.2 Å². The average Bonchev–Trinajstić information content (AvgIpc) is 2.77. The predicted molar refractivity (Wildman–Crippen MR) is 122 cm³/mol. The number of halogens is 4. The van der Waals surface area contributed by atoms with E-state index in [1.165, 1.54) is 30.3 Å². The highest BCUT2D eigenvalue weighted by atomic mass is 32.2. The Bertz CT molecular complexity index is 1360. The molecule has 184 valence electrons. The molecule has 0 bridgehead atoms. The lowest BCUT2D eigenvalue weighted by atomic mass is 10.1. The van der Waals surface area contributed by atoms with Crippen molar-refractivity contribution in [2.24, 2.45) is 5.73 Å². The lowest BCUT2D eigenvalue weighted by Gasteiger charge is -2.12. The first-order valence-corrected chi connectivity index (χ1v) is 11.3. The van der Waals surface area contributed by atoms with Crippen LogP contribution in [0.4, 0.5) is 33.7 Å². The molecule has 6 N–H and O–H groups in total. The first-order valence-electron chi connectivity index (χ1n) is 9.82. The van der Waals surface area contributed by atoms with Gasteiger partial charge in [0.15, 0.2) is 0 Å². The number of amides is 2. The zero-order valence-electron chi connectivity index (χ0n) is 17.8. The maximum Gasteiger partial charge on any atom is 0.416 e. The van der Waals surface area contributed by atoms with Gasteiger partial charge in [-0.25, -0.2) is 22.3 Å². The number of hydrogen-bond donors (Lipinski definition) is 5. The fourth-order valence-electron chi connectivity index (χ4n) is 2.95. The summed E-state index contributed by atoms with van der Waals surface area (Å²) >= 11 is 0. The molecule has 8 nitrogen and oxygen atoms in total. The van der Waals surface area contributed by atoms with Crippen LogP contribution in [0.2, 0.25) is 0 Å². The first-order chi connectivity index (χ1) is 16.3. The van der Waals surface area contributed by atoms with E-state index in [9.17, 15) is 30.8 Å². The monoisotopic (exact) mass is 509 g/mol. The van der Waals surface area contributed by atoms with Gasteiger partial charge in [-0.15, -0.1) is 0 Å². The Morgan fingerprint density at radius 1 is 0.943 bits per heavy atom. The van der Waals surface area contributed by atoms with E-state index in [0.717, 1.165) is 6.07 Å². The summed E-state index contributed by atoms with van der Waals surface area (Å²) in [6.45, 7) is -0.565. The highest BCUT2D eigenvalue weighted by molar-refractivity contribution is 7.89. The molecule has 3 aromatic rings. The number of nitrogens with two attached hydrogens (primary N) is 1. The minimum Gasteiger partial charge on any atom is -0.384 e. The highest BCUT2D eigenvalue weighted by Crippen LogP contribution is 2.30. The van der Waals surface area contributed by atoms with Crippen LogP contribution in [0.15, 0.2) is 71.6 Å². The number of urea groups is 1. The number of benzene rings is 3. The number of nitrogen functional groups attached to an aromatic ring is 1. The van der Waals surface area contributed by atoms with Crippen LogP contribution in [-0.4, -0.2) is 20.3 Å². The van der Waals surface area contributed by atoms with Gasteiger partial charge in [-0.05, 0) is 60.2 Å². The van der Waals surface area contributed by atoms with Crippen LogP contribution in [0.3, 0.4) is 0 Å². The second kappa shape index (κ2) is 10.1. The summed E-state index contributed by atoms with van der Waals surface area (Å²) in [5.41, 5.74) is 5.03. The molecular formula is C22H19F4N5O3S. The summed E-state index contributed by atoms with van der Waals surface area (Å²) in [5, 5.41) is 12.5. The zero-order valence-corrected chi connectivity index (χ0v) is 18.6. The van der Waals surface area contributed by atoms with Crippen LogP contribution in [0.5, 0.6) is 0 Å². The lowest BCUT2D eigenvalue weighted by molar-refractivity contribution is -0.137. The van der Waals surface area contributed by atoms with E-state index in [-0.39, 0.29) is 22.0 Å². The van der Waals surface area contributed by atoms with Gasteiger partial charge in [-0.3, -0.25) is 5.41 Å². The zero-order chi connectivity index (χ0) is 25.8. The number of alkyl halides is 3. The van der Waals surface area contributed by atoms with Crippen molar-refractivity contribution in [3.63, 3.8) is 0 Å². The number of nitrogens with one attached hydrogen (secondary N) is 4. The third-order valence-electron chi connectivity index (χ3n) is 4.61. The quantitative estimate of drug-likeness (QED) is 0.185. The minimum absolute atomic E-state index is 0.169. The van der Waals surface area contributed by atoms with Gasteiger partial charge in [0.2, 0.25) is 10.0 Å². The molecule has 0 unspecified atom stereocenters. The van der Waals surface area contributed by atoms with Gasteiger partial charge < -0.3 is 16.4 Å². The maximum absolute atomic E-state index is 13.5. The number of carbonyl (C=O) groups excluding carboxylic acids is 1. The van der Waals surface area contributed by atoms with Crippen molar-refractivity contribution in [1.82, 2.24) is 4.72 Å². The third kappa shape index (κ3) is 7.01. The minimum atomic E-state index is -4.78. The normalized spacial score (nSPS) is 11.7. The molecule has 0 aromatic heterocycles. The Morgan fingerprint density at radius 3 is 2.23 bits per heavy atom. The SMILES string of the molecule is N=C(N)c1cccc(NC(=O)Nc2ccc(S(=O)(=O)NCc3cc(F)cc(C(F)(F)F)c3)cc2)c1. The van der Waals surface area contributed by atoms with Crippen molar-refractivity contribution in [3.05, 3.63) is 89.2 Å². The molecule has 35 heavy (non-hydrogen) atoms. The van der Waals surface area contributed by atoms with Crippen molar-refractivity contribution in [1.29, 1.82) is 5.41 Å². The summed E-state index contributed by atoms with van der Waals surface area (Å²) in [4.78, 5) is 12.0. The average molecular weight is 509 g/mol. The molecule has 0 spiro atoms. The van der Waals surface area contributed by atoms with Gasteiger partial charge in [-0.2, -0.15) is 13.2 Å². The second-order valence-electron chi connectivity index (χ2n) is 7.27. The van der Waals surface area contributed by atoms with E-state index in [4.69, 9.17) is 11.1 Å². The van der Waals surface area contributed by atoms with Crippen molar-refractivity contribution in [3.8, 4) is 0 Å². The van der Waals surface area contributed by atoms with Crippen molar-refractivity contribution < 1.29 is 30.8 Å². The van der Waals surface area contributed by atoms with E-state index in [1.807, 2.05) is 0 Å². The van der Waals surface area contributed by atoms with Crippen molar-refractivity contribution >= 4 is 33.3 Å². The number of amidine groups is 1. The number of rotatable bonds is 7. The molecule has 3 rings (SSSR count). The molecule has 13 heteroatoms. The van der Waals surface area contributed by atoms with Gasteiger partial charge >= 0.3 is 12.2 Å². The molecule has 0 aliphatic carbocycles. The fraction of sp³-hybridized carbons (Fsp3) is 0.0909. The molecule has 0 aliphatic rings. The molecule has 0 radical (unpaired) electrons. The van der Waals surface area contributed by atoms with Crippen molar-refractivity contribution in [2.45, 2.75) is 17.6 Å². The van der Waals surface area contributed by atoms with E-state index < -0.39 is 40.2 Å². The lowest BCUT2D eigenvalue weighted by Crippen LogP contribution is -2.24. The Kier molecular flexibility index (Phi) is 7.41. The van der Waals surface area contributed by atoms with Gasteiger partial charge in [0.1, 0.15) is 11.7 Å². The van der Waals surface area contributed by atoms with E-state index in [0.29, 0.717) is 23.4 Å². The summed E-state index contributed by atoms with van der Waals surface area (Å²) in [7, 11) is -4.14. The Hall–Kier alpha value is -3.97. The molecule has 0 saturated carbocycles. The molecule has 0 heterocycles. The number of carbonyl (C=O) groups is 1. The van der Waals surface area contributed by atoms with Gasteiger partial charge in [0.05, 0.1) is 10.5 Å². The largest absolute Gasteiger partial charge is 0.416 e. The molecule has 0 aliphatic heterocycles. The smallest absolute Gasteiger partial charge is 0.384 e. The molecule has 0 saturated heterocycles. The summed E-state index contributed by atoms with van der Waals surface area (Å²) in [5.74, 6) is -1.31. The summed E-state index contributed by atoms with van der Waals surface area (Å²) in [6.07, 6.45) is -4.78. The van der Waals surface area contributed by atoms with E-state index >= 15 is 0 Å². The van der Waals surface area contributed by atoms with Crippen LogP contribution in [-0.2, 0) is 22.7 Å². The standard InChI is InChI=1S/C22H19F4N5O3S/c23-16-9-13(8-15(11-16)22(24,25)26)12-29-35(33,34)19-6-4-17(5-7-19)30-21(32)31-18-3-1-2-14(10-18)20(27)28/h1-11,29H,12H2,(H3,27,28)(H2,30,31,32). The molecule has 0 fully saturated rings. The number of hydrogen-bond acceptors (Lipinski definition) is 4. The molecule has 3 aromatic carbocycles. The van der Waals surface area contributed by atoms with Gasteiger partial charge in [0.25, 0.3) is 0 Å². The number of anilines is 2. The fourth-order valence-corrected chi connectivity index (χ4v) is 3.97. The summed E-state index contributed by atoms with van der Waals surface area (Å²) in [6, 6.07) is 12.4. The Balaban J connectivity index is 1.63. The second-order valence-corrected chi connectivity index (χ2v) is 9.04. The maximum atomic E-state index is 13.5. The van der Waals surface area contributed by atoms with Gasteiger partial charge in [0, 0.05) is 23.5 Å². The van der Waals surface area contributed by atoms with Crippen molar-refractivity contribution in [2.75, 3.05) is 10.6 Å². The van der Waals surface area contributed by atoms with Crippen LogP contribution in [0.25, 0.3) is 0 Å². The summed E-state index contributed by atoms with van der Waals surface area (Å²) < 4.78 is 79.1. The predicted octanol–water partition coefficient (Wildman–Crippen LogP) is 4.25. The number of sulfonamides is 1. The van der Waals surface area contributed by atoms with Crippen LogP contribution in [0.1, 0.15) is 16.7 Å². The Morgan fingerprint density at radius 2 is 1.60 bits per heavy atom. The van der Waals surface area contributed by atoms with Gasteiger partial charge in [-0.1, -0.05) is 12.1 Å². The highest BCUT2D eigenvalue weighted by Gasteiger charge is 2.31. The topological polar surface area (TPSA) is 137 Å².